The van der Waals surface area contributed by atoms with Crippen LogP contribution in [0.4, 0.5) is 0 Å². The van der Waals surface area contributed by atoms with Gasteiger partial charge in [-0.1, -0.05) is 0 Å². The van der Waals surface area contributed by atoms with E-state index in [4.69, 9.17) is 5.11 Å². The predicted octanol–water partition coefficient (Wildman–Crippen LogP) is 1.98. The monoisotopic (exact) mass is 191 g/mol. The van der Waals surface area contributed by atoms with Crippen molar-refractivity contribution in [1.82, 2.24) is 4.98 Å². The number of aliphatic carboxylic acids is 1. The molecule has 3 heteroatoms. The Balaban J connectivity index is 2.26. The quantitative estimate of drug-likeness (QED) is 0.777. The molecule has 1 N–H and O–H groups in total. The Morgan fingerprint density at radius 1 is 1.64 bits per heavy atom. The van der Waals surface area contributed by atoms with Gasteiger partial charge in [0, 0.05) is 12.4 Å². The van der Waals surface area contributed by atoms with Gasteiger partial charge < -0.3 is 5.11 Å². The molecule has 1 aromatic heterocycles. The summed E-state index contributed by atoms with van der Waals surface area (Å²) in [5, 5.41) is 8.78. The van der Waals surface area contributed by atoms with E-state index in [1.165, 1.54) is 11.1 Å². The number of carboxylic acid groups (broad SMARTS) is 1. The Labute approximate surface area is 82.8 Å². The molecule has 14 heavy (non-hydrogen) atoms. The van der Waals surface area contributed by atoms with Crippen molar-refractivity contribution in [3.8, 4) is 0 Å². The first-order valence-electron chi connectivity index (χ1n) is 4.92. The van der Waals surface area contributed by atoms with Gasteiger partial charge in [-0.2, -0.15) is 0 Å². The fourth-order valence-corrected chi connectivity index (χ4v) is 2.16. The summed E-state index contributed by atoms with van der Waals surface area (Å²) in [6.45, 7) is 0. The molecule has 74 valence electrons. The van der Waals surface area contributed by atoms with Gasteiger partial charge in [-0.15, -0.1) is 0 Å². The van der Waals surface area contributed by atoms with Crippen molar-refractivity contribution in [1.29, 1.82) is 0 Å². The van der Waals surface area contributed by atoms with Crippen molar-refractivity contribution in [3.05, 3.63) is 29.6 Å². The summed E-state index contributed by atoms with van der Waals surface area (Å²) >= 11 is 0. The summed E-state index contributed by atoms with van der Waals surface area (Å²) in [6, 6.07) is 1.96. The van der Waals surface area contributed by atoms with Crippen LogP contribution < -0.4 is 0 Å². The minimum atomic E-state index is -0.709. The van der Waals surface area contributed by atoms with Gasteiger partial charge in [-0.3, -0.25) is 9.78 Å². The molecule has 1 unspecified atom stereocenters. The average Bonchev–Trinajstić information content (AvgIpc) is 2.18. The largest absolute Gasteiger partial charge is 0.481 e. The molecular formula is C11H13NO2. The summed E-state index contributed by atoms with van der Waals surface area (Å²) in [6.07, 6.45) is 6.97. The molecule has 1 aromatic rings. The zero-order valence-corrected chi connectivity index (χ0v) is 7.94. The van der Waals surface area contributed by atoms with Crippen molar-refractivity contribution >= 4 is 5.97 Å². The van der Waals surface area contributed by atoms with Gasteiger partial charge in [0.15, 0.2) is 0 Å². The molecule has 0 fully saturated rings. The van der Waals surface area contributed by atoms with E-state index in [0.717, 1.165) is 19.3 Å². The molecule has 0 saturated heterocycles. The van der Waals surface area contributed by atoms with Crippen molar-refractivity contribution in [2.24, 2.45) is 0 Å². The van der Waals surface area contributed by atoms with Gasteiger partial charge in [0.2, 0.25) is 0 Å². The third-order valence-electron chi connectivity index (χ3n) is 2.80. The van der Waals surface area contributed by atoms with Crippen molar-refractivity contribution in [2.45, 2.75) is 31.6 Å². The number of aryl methyl sites for hydroxylation is 1. The Hall–Kier alpha value is -1.38. The van der Waals surface area contributed by atoms with E-state index >= 15 is 0 Å². The molecule has 1 heterocycles. The maximum atomic E-state index is 10.7. The lowest BCUT2D eigenvalue weighted by atomic mass is 9.82. The number of hydrogen-bond acceptors (Lipinski definition) is 2. The predicted molar refractivity (Wildman–Crippen MR) is 52.2 cm³/mol. The molecular weight excluding hydrogens is 178 g/mol. The Kier molecular flexibility index (Phi) is 2.48. The molecule has 0 aliphatic heterocycles. The highest BCUT2D eigenvalue weighted by Gasteiger charge is 2.21. The van der Waals surface area contributed by atoms with E-state index in [0.29, 0.717) is 0 Å². The SMILES string of the molecule is O=C(O)CC1CCCc2cnccc21. The van der Waals surface area contributed by atoms with E-state index in [1.807, 2.05) is 12.3 Å². The van der Waals surface area contributed by atoms with Crippen LogP contribution in [0, 0.1) is 0 Å². The van der Waals surface area contributed by atoms with Gasteiger partial charge in [0.05, 0.1) is 6.42 Å². The van der Waals surface area contributed by atoms with Crippen LogP contribution in [0.1, 0.15) is 36.3 Å². The van der Waals surface area contributed by atoms with Crippen LogP contribution in [-0.2, 0) is 11.2 Å². The minimum Gasteiger partial charge on any atom is -0.481 e. The molecule has 0 amide bonds. The highest BCUT2D eigenvalue weighted by atomic mass is 16.4. The van der Waals surface area contributed by atoms with Gasteiger partial charge >= 0.3 is 5.97 Å². The second-order valence-electron chi connectivity index (χ2n) is 3.76. The first-order chi connectivity index (χ1) is 6.77. The third kappa shape index (κ3) is 1.76. The van der Waals surface area contributed by atoms with Gasteiger partial charge in [0.25, 0.3) is 0 Å². The molecule has 2 rings (SSSR count). The van der Waals surface area contributed by atoms with E-state index in [9.17, 15) is 4.79 Å². The van der Waals surface area contributed by atoms with Gasteiger partial charge in [-0.05, 0) is 42.4 Å². The lowest BCUT2D eigenvalue weighted by Gasteiger charge is -2.23. The Morgan fingerprint density at radius 2 is 2.50 bits per heavy atom. The molecule has 1 atom stereocenters. The number of rotatable bonds is 2. The van der Waals surface area contributed by atoms with Crippen LogP contribution in [0.2, 0.25) is 0 Å². The van der Waals surface area contributed by atoms with Crippen LogP contribution in [0.5, 0.6) is 0 Å². The van der Waals surface area contributed by atoms with Gasteiger partial charge in [0.1, 0.15) is 0 Å². The number of hydrogen-bond donors (Lipinski definition) is 1. The standard InChI is InChI=1S/C11H13NO2/c13-11(14)6-8-2-1-3-9-7-12-5-4-10(8)9/h4-5,7-8H,1-3,6H2,(H,13,14). The average molecular weight is 191 g/mol. The molecule has 1 aliphatic rings. The lowest BCUT2D eigenvalue weighted by molar-refractivity contribution is -0.137. The fourth-order valence-electron chi connectivity index (χ4n) is 2.16. The first kappa shape index (κ1) is 9.19. The Morgan fingerprint density at radius 3 is 3.29 bits per heavy atom. The second-order valence-corrected chi connectivity index (χ2v) is 3.76. The maximum Gasteiger partial charge on any atom is 0.303 e. The number of carboxylic acids is 1. The minimum absolute atomic E-state index is 0.194. The Bertz CT molecular complexity index is 349. The lowest BCUT2D eigenvalue weighted by Crippen LogP contribution is -2.13. The smallest absolute Gasteiger partial charge is 0.303 e. The summed E-state index contributed by atoms with van der Waals surface area (Å²) < 4.78 is 0. The molecule has 1 aliphatic carbocycles. The van der Waals surface area contributed by atoms with E-state index in [1.54, 1.807) is 6.20 Å². The molecule has 0 radical (unpaired) electrons. The fraction of sp³-hybridized carbons (Fsp3) is 0.455. The van der Waals surface area contributed by atoms with E-state index in [-0.39, 0.29) is 12.3 Å². The number of aromatic nitrogens is 1. The zero-order valence-electron chi connectivity index (χ0n) is 7.94. The first-order valence-corrected chi connectivity index (χ1v) is 4.92. The maximum absolute atomic E-state index is 10.7. The topological polar surface area (TPSA) is 50.2 Å². The number of fused-ring (bicyclic) bond motifs is 1. The van der Waals surface area contributed by atoms with Crippen LogP contribution in [0.15, 0.2) is 18.5 Å². The molecule has 0 saturated carbocycles. The number of pyridine rings is 1. The van der Waals surface area contributed by atoms with Crippen molar-refractivity contribution in [2.75, 3.05) is 0 Å². The van der Waals surface area contributed by atoms with Crippen molar-refractivity contribution < 1.29 is 9.90 Å². The molecule has 0 aromatic carbocycles. The van der Waals surface area contributed by atoms with Crippen LogP contribution in [-0.4, -0.2) is 16.1 Å². The second kappa shape index (κ2) is 3.78. The highest BCUT2D eigenvalue weighted by Crippen LogP contribution is 2.33. The summed E-state index contributed by atoms with van der Waals surface area (Å²) in [5.41, 5.74) is 2.42. The third-order valence-corrected chi connectivity index (χ3v) is 2.80. The molecule has 0 bridgehead atoms. The molecule has 0 spiro atoms. The van der Waals surface area contributed by atoms with Crippen LogP contribution in [0.25, 0.3) is 0 Å². The summed E-state index contributed by atoms with van der Waals surface area (Å²) in [7, 11) is 0. The zero-order chi connectivity index (χ0) is 9.97. The molecule has 3 nitrogen and oxygen atoms in total. The van der Waals surface area contributed by atoms with E-state index < -0.39 is 5.97 Å². The summed E-state index contributed by atoms with van der Waals surface area (Å²) in [4.78, 5) is 14.7. The van der Waals surface area contributed by atoms with E-state index in [2.05, 4.69) is 4.98 Å². The number of carbonyl (C=O) groups is 1. The summed E-state index contributed by atoms with van der Waals surface area (Å²) in [5.74, 6) is -0.515. The number of nitrogens with zero attached hydrogens (tertiary/aromatic N) is 1. The normalized spacial score (nSPS) is 20.1. The van der Waals surface area contributed by atoms with Crippen LogP contribution in [0.3, 0.4) is 0 Å². The van der Waals surface area contributed by atoms with Crippen LogP contribution >= 0.6 is 0 Å². The highest BCUT2D eigenvalue weighted by molar-refractivity contribution is 5.68. The van der Waals surface area contributed by atoms with Crippen molar-refractivity contribution in [3.63, 3.8) is 0 Å². The van der Waals surface area contributed by atoms with Gasteiger partial charge in [-0.25, -0.2) is 0 Å².